The lowest BCUT2D eigenvalue weighted by atomic mass is 10.1. The highest BCUT2D eigenvalue weighted by Crippen LogP contribution is 2.17. The van der Waals surface area contributed by atoms with Crippen LogP contribution >= 0.6 is 0 Å². The van der Waals surface area contributed by atoms with E-state index in [1.807, 2.05) is 38.1 Å². The number of aryl methyl sites for hydroxylation is 2. The van der Waals surface area contributed by atoms with Gasteiger partial charge in [-0.3, -0.25) is 4.79 Å². The zero-order chi connectivity index (χ0) is 16.8. The van der Waals surface area contributed by atoms with Crippen molar-refractivity contribution in [2.24, 2.45) is 0 Å². The summed E-state index contributed by atoms with van der Waals surface area (Å²) in [5.74, 6) is -0.411. The summed E-state index contributed by atoms with van der Waals surface area (Å²) in [4.78, 5) is 12.1. The molecule has 0 saturated heterocycles. The third-order valence-electron chi connectivity index (χ3n) is 3.26. The molecule has 2 rings (SSSR count). The van der Waals surface area contributed by atoms with Gasteiger partial charge in [-0.1, -0.05) is 12.1 Å². The van der Waals surface area contributed by atoms with E-state index in [9.17, 15) is 9.90 Å². The third kappa shape index (κ3) is 4.35. The Morgan fingerprint density at radius 3 is 2.52 bits per heavy atom. The van der Waals surface area contributed by atoms with E-state index in [1.54, 1.807) is 12.1 Å². The van der Waals surface area contributed by atoms with Gasteiger partial charge in [0.15, 0.2) is 0 Å². The maximum absolute atomic E-state index is 12.1. The number of hydrogen-bond donors (Lipinski definition) is 3. The summed E-state index contributed by atoms with van der Waals surface area (Å²) in [5.41, 5.74) is 3.40. The minimum Gasteiger partial charge on any atom is -0.508 e. The number of phenols is 1. The van der Waals surface area contributed by atoms with Crippen molar-refractivity contribution in [1.82, 2.24) is 0 Å². The van der Waals surface area contributed by atoms with Gasteiger partial charge in [-0.15, -0.1) is 0 Å². The second-order valence-corrected chi connectivity index (χ2v) is 5.13. The van der Waals surface area contributed by atoms with Gasteiger partial charge in [0.25, 0.3) is 5.91 Å². The zero-order valence-corrected chi connectivity index (χ0v) is 12.9. The van der Waals surface area contributed by atoms with Crippen molar-refractivity contribution in [3.63, 3.8) is 0 Å². The largest absolute Gasteiger partial charge is 0.508 e. The van der Waals surface area contributed by atoms with Gasteiger partial charge in [0.05, 0.1) is 0 Å². The van der Waals surface area contributed by atoms with Crippen molar-refractivity contribution in [3.05, 3.63) is 65.4 Å². The van der Waals surface area contributed by atoms with Crippen LogP contribution in [-0.2, 0) is 4.79 Å². The molecule has 0 saturated carbocycles. The number of benzene rings is 2. The number of carbonyl (C=O) groups is 1. The first-order valence-corrected chi connectivity index (χ1v) is 7.04. The van der Waals surface area contributed by atoms with Gasteiger partial charge in [-0.05, 0) is 55.3 Å². The van der Waals surface area contributed by atoms with Crippen LogP contribution < -0.4 is 10.6 Å². The molecule has 5 heteroatoms. The predicted molar refractivity (Wildman–Crippen MR) is 90.0 cm³/mol. The average molecular weight is 307 g/mol. The molecule has 0 aliphatic heterocycles. The first kappa shape index (κ1) is 16.1. The van der Waals surface area contributed by atoms with E-state index < -0.39 is 5.91 Å². The van der Waals surface area contributed by atoms with Crippen LogP contribution in [0.15, 0.2) is 54.2 Å². The standard InChI is InChI=1S/C18H17N3O2/c1-12-3-4-13(2)17(9-12)20-11-14(10-19)18(23)21-15-5-7-16(22)8-6-15/h3-9,11,20,22H,1-2H3,(H,21,23)/b14-11-. The minimum atomic E-state index is -0.518. The number of carbonyl (C=O) groups excluding carboxylic acids is 1. The molecule has 23 heavy (non-hydrogen) atoms. The number of nitriles is 1. The predicted octanol–water partition coefficient (Wildman–Crippen LogP) is 3.47. The lowest BCUT2D eigenvalue weighted by Gasteiger charge is -2.08. The molecule has 0 heterocycles. The summed E-state index contributed by atoms with van der Waals surface area (Å²) >= 11 is 0. The number of phenolic OH excluding ortho intramolecular Hbond substituents is 1. The van der Waals surface area contributed by atoms with Gasteiger partial charge >= 0.3 is 0 Å². The van der Waals surface area contributed by atoms with E-state index in [-0.39, 0.29) is 11.3 Å². The molecule has 1 amide bonds. The van der Waals surface area contributed by atoms with Gasteiger partial charge in [0.2, 0.25) is 0 Å². The Balaban J connectivity index is 2.12. The molecule has 0 aromatic heterocycles. The number of nitrogens with one attached hydrogen (secondary N) is 2. The third-order valence-corrected chi connectivity index (χ3v) is 3.26. The quantitative estimate of drug-likeness (QED) is 0.459. The number of anilines is 2. The summed E-state index contributed by atoms with van der Waals surface area (Å²) in [5, 5.41) is 24.0. The highest BCUT2D eigenvalue weighted by atomic mass is 16.3. The highest BCUT2D eigenvalue weighted by Gasteiger charge is 2.09. The molecule has 0 spiro atoms. The lowest BCUT2D eigenvalue weighted by Crippen LogP contribution is -2.14. The normalized spacial score (nSPS) is 10.7. The fraction of sp³-hybridized carbons (Fsp3) is 0.111. The Labute approximate surface area is 134 Å². The van der Waals surface area contributed by atoms with Crippen LogP contribution in [0.1, 0.15) is 11.1 Å². The van der Waals surface area contributed by atoms with Gasteiger partial charge in [-0.2, -0.15) is 5.26 Å². The van der Waals surface area contributed by atoms with E-state index in [1.165, 1.54) is 18.3 Å². The van der Waals surface area contributed by atoms with Crippen molar-refractivity contribution < 1.29 is 9.90 Å². The molecule has 5 nitrogen and oxygen atoms in total. The fourth-order valence-electron chi connectivity index (χ4n) is 1.93. The molecule has 0 unspecified atom stereocenters. The molecule has 3 N–H and O–H groups in total. The zero-order valence-electron chi connectivity index (χ0n) is 12.9. The average Bonchev–Trinajstić information content (AvgIpc) is 2.53. The van der Waals surface area contributed by atoms with Crippen LogP contribution in [0.5, 0.6) is 5.75 Å². The summed E-state index contributed by atoms with van der Waals surface area (Å²) in [7, 11) is 0. The second kappa shape index (κ2) is 7.14. The van der Waals surface area contributed by atoms with E-state index >= 15 is 0 Å². The maximum atomic E-state index is 12.1. The Kier molecular flexibility index (Phi) is 5.00. The van der Waals surface area contributed by atoms with Crippen LogP contribution in [0.4, 0.5) is 11.4 Å². The molecular weight excluding hydrogens is 290 g/mol. The Morgan fingerprint density at radius 2 is 1.87 bits per heavy atom. The number of nitrogens with zero attached hydrogens (tertiary/aromatic N) is 1. The SMILES string of the molecule is Cc1ccc(C)c(N/C=C(/C#N)C(=O)Nc2ccc(O)cc2)c1. The van der Waals surface area contributed by atoms with E-state index in [0.29, 0.717) is 5.69 Å². The van der Waals surface area contributed by atoms with Gasteiger partial charge in [-0.25, -0.2) is 0 Å². The first-order valence-electron chi connectivity index (χ1n) is 7.04. The molecular formula is C18H17N3O2. The Morgan fingerprint density at radius 1 is 1.17 bits per heavy atom. The maximum Gasteiger partial charge on any atom is 0.267 e. The van der Waals surface area contributed by atoms with Gasteiger partial charge in [0, 0.05) is 17.6 Å². The van der Waals surface area contributed by atoms with Crippen LogP contribution in [0.3, 0.4) is 0 Å². The number of hydrogen-bond acceptors (Lipinski definition) is 4. The molecule has 2 aromatic rings. The first-order chi connectivity index (χ1) is 11.0. The van der Waals surface area contributed by atoms with Crippen molar-refractivity contribution in [3.8, 4) is 11.8 Å². The van der Waals surface area contributed by atoms with E-state index in [4.69, 9.17) is 5.26 Å². The van der Waals surface area contributed by atoms with Gasteiger partial charge < -0.3 is 15.7 Å². The Bertz CT molecular complexity index is 787. The summed E-state index contributed by atoms with van der Waals surface area (Å²) in [6.45, 7) is 3.91. The number of amides is 1. The summed E-state index contributed by atoms with van der Waals surface area (Å²) in [6, 6.07) is 13.8. The van der Waals surface area contributed by atoms with E-state index in [2.05, 4.69) is 10.6 Å². The molecule has 116 valence electrons. The number of aromatic hydroxyl groups is 1. The lowest BCUT2D eigenvalue weighted by molar-refractivity contribution is -0.112. The molecule has 0 bridgehead atoms. The number of rotatable bonds is 4. The minimum absolute atomic E-state index is 0.0426. The van der Waals surface area contributed by atoms with Crippen LogP contribution in [0, 0.1) is 25.2 Å². The Hall–Kier alpha value is -3.26. The molecule has 0 atom stereocenters. The smallest absolute Gasteiger partial charge is 0.267 e. The topological polar surface area (TPSA) is 85.2 Å². The molecule has 0 radical (unpaired) electrons. The van der Waals surface area contributed by atoms with Crippen LogP contribution in [0.2, 0.25) is 0 Å². The second-order valence-electron chi connectivity index (χ2n) is 5.13. The van der Waals surface area contributed by atoms with Crippen molar-refractivity contribution in [1.29, 1.82) is 5.26 Å². The summed E-state index contributed by atoms with van der Waals surface area (Å²) < 4.78 is 0. The van der Waals surface area contributed by atoms with E-state index in [0.717, 1.165) is 16.8 Å². The molecule has 0 aliphatic rings. The molecule has 0 aliphatic carbocycles. The highest BCUT2D eigenvalue weighted by molar-refractivity contribution is 6.06. The van der Waals surface area contributed by atoms with Crippen molar-refractivity contribution >= 4 is 17.3 Å². The molecule has 0 fully saturated rings. The van der Waals surface area contributed by atoms with Gasteiger partial charge in [0.1, 0.15) is 17.4 Å². The molecule has 2 aromatic carbocycles. The van der Waals surface area contributed by atoms with Crippen LogP contribution in [-0.4, -0.2) is 11.0 Å². The van der Waals surface area contributed by atoms with Crippen molar-refractivity contribution in [2.75, 3.05) is 10.6 Å². The summed E-state index contributed by atoms with van der Waals surface area (Å²) in [6.07, 6.45) is 1.39. The monoisotopic (exact) mass is 307 g/mol. The van der Waals surface area contributed by atoms with Crippen molar-refractivity contribution in [2.45, 2.75) is 13.8 Å². The fourth-order valence-corrected chi connectivity index (χ4v) is 1.93. The van der Waals surface area contributed by atoms with Crippen LogP contribution in [0.25, 0.3) is 0 Å².